The van der Waals surface area contributed by atoms with Gasteiger partial charge in [-0.05, 0) is 63.9 Å². The number of nitrogens with one attached hydrogen (secondary N) is 1. The molecular weight excluding hydrogens is 364 g/mol. The van der Waals surface area contributed by atoms with Crippen molar-refractivity contribution in [1.29, 1.82) is 0 Å². The lowest BCUT2D eigenvalue weighted by Crippen LogP contribution is -2.30. The average Bonchev–Trinajstić information content (AvgIpc) is 2.84. The third-order valence-electron chi connectivity index (χ3n) is 3.20. The molecule has 5 heteroatoms. The topological polar surface area (TPSA) is 15.3 Å². The van der Waals surface area contributed by atoms with Gasteiger partial charge in [-0.1, -0.05) is 26.0 Å². The molecule has 0 saturated carbocycles. The van der Waals surface area contributed by atoms with Gasteiger partial charge in [0, 0.05) is 17.6 Å². The fourth-order valence-corrected chi connectivity index (χ4v) is 3.63. The van der Waals surface area contributed by atoms with E-state index in [9.17, 15) is 0 Å². The number of hydrogen-bond donors (Lipinski definition) is 1. The van der Waals surface area contributed by atoms with E-state index >= 15 is 0 Å². The van der Waals surface area contributed by atoms with Crippen LogP contribution in [-0.2, 0) is 6.54 Å². The molecule has 0 fully saturated rings. The maximum atomic E-state index is 5.46. The summed E-state index contributed by atoms with van der Waals surface area (Å²) in [5, 5.41) is 4.02. The lowest BCUT2D eigenvalue weighted by atomic mass is 10.0. The molecule has 112 valence electrons. The van der Waals surface area contributed by atoms with Crippen LogP contribution < -0.4 is 5.32 Å². The Balaban J connectivity index is 1.93. The van der Waals surface area contributed by atoms with Crippen molar-refractivity contribution in [2.45, 2.75) is 26.3 Å². The number of benzene rings is 1. The first-order valence-electron chi connectivity index (χ1n) is 6.82. The van der Waals surface area contributed by atoms with Crippen LogP contribution in [0.3, 0.4) is 0 Å². The Kier molecular flexibility index (Phi) is 5.79. The lowest BCUT2D eigenvalue weighted by Gasteiger charge is -2.20. The molecule has 2 rings (SSSR count). The SMILES string of the molecule is CC(C)c1ccc(NC(=S)N(C)Cc2ccc(Br)s2)cc1. The van der Waals surface area contributed by atoms with Crippen molar-refractivity contribution >= 4 is 50.3 Å². The molecule has 2 nitrogen and oxygen atoms in total. The monoisotopic (exact) mass is 382 g/mol. The van der Waals surface area contributed by atoms with Crippen LogP contribution in [0.25, 0.3) is 0 Å². The summed E-state index contributed by atoms with van der Waals surface area (Å²) < 4.78 is 1.15. The molecule has 0 amide bonds. The molecular formula is C16H19BrN2S2. The van der Waals surface area contributed by atoms with Gasteiger partial charge in [0.15, 0.2) is 5.11 Å². The minimum Gasteiger partial charge on any atom is -0.347 e. The zero-order valence-corrected chi connectivity index (χ0v) is 15.6. The molecule has 1 aromatic heterocycles. The Morgan fingerprint density at radius 1 is 1.24 bits per heavy atom. The van der Waals surface area contributed by atoms with Crippen LogP contribution in [0.1, 0.15) is 30.2 Å². The first kappa shape index (κ1) is 16.5. The zero-order chi connectivity index (χ0) is 15.4. The number of anilines is 1. The summed E-state index contributed by atoms with van der Waals surface area (Å²) in [5.74, 6) is 0.547. The molecule has 0 bridgehead atoms. The van der Waals surface area contributed by atoms with Crippen LogP contribution >= 0.6 is 39.5 Å². The molecule has 0 spiro atoms. The summed E-state index contributed by atoms with van der Waals surface area (Å²) >= 11 is 10.7. The van der Waals surface area contributed by atoms with Crippen molar-refractivity contribution in [3.05, 3.63) is 50.6 Å². The molecule has 1 aromatic carbocycles. The summed E-state index contributed by atoms with van der Waals surface area (Å²) in [5.41, 5.74) is 2.37. The first-order valence-corrected chi connectivity index (χ1v) is 8.84. The molecule has 21 heavy (non-hydrogen) atoms. The Labute approximate surface area is 144 Å². The van der Waals surface area contributed by atoms with Crippen LogP contribution in [0.15, 0.2) is 40.2 Å². The number of rotatable bonds is 4. The van der Waals surface area contributed by atoms with Crippen molar-refractivity contribution in [1.82, 2.24) is 4.90 Å². The van der Waals surface area contributed by atoms with Crippen LogP contribution in [0.4, 0.5) is 5.69 Å². The fraction of sp³-hybridized carbons (Fsp3) is 0.312. The van der Waals surface area contributed by atoms with Gasteiger partial charge in [0.25, 0.3) is 0 Å². The van der Waals surface area contributed by atoms with E-state index in [1.807, 2.05) is 11.9 Å². The molecule has 0 saturated heterocycles. The van der Waals surface area contributed by atoms with Gasteiger partial charge in [0.2, 0.25) is 0 Å². The highest BCUT2D eigenvalue weighted by Crippen LogP contribution is 2.23. The molecule has 2 aromatic rings. The Hall–Kier alpha value is -0.910. The maximum Gasteiger partial charge on any atom is 0.173 e. The van der Waals surface area contributed by atoms with E-state index in [2.05, 4.69) is 71.5 Å². The minimum atomic E-state index is 0.547. The van der Waals surface area contributed by atoms with Gasteiger partial charge in [-0.15, -0.1) is 11.3 Å². The van der Waals surface area contributed by atoms with E-state index < -0.39 is 0 Å². The highest BCUT2D eigenvalue weighted by Gasteiger charge is 2.07. The van der Waals surface area contributed by atoms with Crippen LogP contribution in [-0.4, -0.2) is 17.1 Å². The van der Waals surface area contributed by atoms with Gasteiger partial charge < -0.3 is 10.2 Å². The summed E-state index contributed by atoms with van der Waals surface area (Å²) in [6, 6.07) is 12.6. The molecule has 0 aliphatic carbocycles. The molecule has 0 aliphatic rings. The Morgan fingerprint density at radius 3 is 2.43 bits per heavy atom. The summed E-state index contributed by atoms with van der Waals surface area (Å²) in [6.45, 7) is 5.20. The second-order valence-corrected chi connectivity index (χ2v) is 8.20. The average molecular weight is 383 g/mol. The smallest absolute Gasteiger partial charge is 0.173 e. The standard InChI is InChI=1S/C16H19BrN2S2/c1-11(2)12-4-6-13(7-5-12)18-16(20)19(3)10-14-8-9-15(17)21-14/h4-9,11H,10H2,1-3H3,(H,18,20). The minimum absolute atomic E-state index is 0.547. The van der Waals surface area contributed by atoms with Crippen molar-refractivity contribution < 1.29 is 0 Å². The first-order chi connectivity index (χ1) is 9.95. The Bertz CT molecular complexity index is 605. The molecule has 1 heterocycles. The largest absolute Gasteiger partial charge is 0.347 e. The summed E-state index contributed by atoms with van der Waals surface area (Å²) in [7, 11) is 2.01. The van der Waals surface area contributed by atoms with Crippen molar-refractivity contribution in [2.24, 2.45) is 0 Å². The van der Waals surface area contributed by atoms with Crippen LogP contribution in [0.5, 0.6) is 0 Å². The third-order valence-corrected chi connectivity index (χ3v) is 5.22. The highest BCUT2D eigenvalue weighted by atomic mass is 79.9. The highest BCUT2D eigenvalue weighted by molar-refractivity contribution is 9.11. The number of halogens is 1. The molecule has 0 radical (unpaired) electrons. The summed E-state index contributed by atoms with van der Waals surface area (Å²) in [6.07, 6.45) is 0. The van der Waals surface area contributed by atoms with E-state index in [0.29, 0.717) is 5.92 Å². The Morgan fingerprint density at radius 2 is 1.90 bits per heavy atom. The molecule has 0 aliphatic heterocycles. The van der Waals surface area contributed by atoms with Crippen molar-refractivity contribution in [3.63, 3.8) is 0 Å². The number of hydrogen-bond acceptors (Lipinski definition) is 2. The lowest BCUT2D eigenvalue weighted by molar-refractivity contribution is 0.514. The zero-order valence-electron chi connectivity index (χ0n) is 12.4. The predicted molar refractivity (Wildman–Crippen MR) is 100 cm³/mol. The normalized spacial score (nSPS) is 10.7. The van der Waals surface area contributed by atoms with Gasteiger partial charge in [0.05, 0.1) is 10.3 Å². The molecule has 0 unspecified atom stereocenters. The second kappa shape index (κ2) is 7.38. The quantitative estimate of drug-likeness (QED) is 0.706. The second-order valence-electron chi connectivity index (χ2n) is 5.27. The number of thiocarbonyl (C=S) groups is 1. The van der Waals surface area contributed by atoms with Gasteiger partial charge in [-0.2, -0.15) is 0 Å². The van der Waals surface area contributed by atoms with Crippen LogP contribution in [0, 0.1) is 0 Å². The number of nitrogens with zero attached hydrogens (tertiary/aromatic N) is 1. The maximum absolute atomic E-state index is 5.46. The van der Waals surface area contributed by atoms with Gasteiger partial charge in [0.1, 0.15) is 0 Å². The predicted octanol–water partition coefficient (Wildman–Crippen LogP) is 5.46. The van der Waals surface area contributed by atoms with E-state index in [-0.39, 0.29) is 0 Å². The fourth-order valence-electron chi connectivity index (χ4n) is 1.91. The molecule has 1 N–H and O–H groups in total. The summed E-state index contributed by atoms with van der Waals surface area (Å²) in [4.78, 5) is 3.33. The van der Waals surface area contributed by atoms with Crippen LogP contribution in [0.2, 0.25) is 0 Å². The number of thiophene rings is 1. The van der Waals surface area contributed by atoms with E-state index in [1.54, 1.807) is 11.3 Å². The van der Waals surface area contributed by atoms with E-state index in [1.165, 1.54) is 10.4 Å². The van der Waals surface area contributed by atoms with Gasteiger partial charge in [-0.25, -0.2) is 0 Å². The van der Waals surface area contributed by atoms with Crippen molar-refractivity contribution in [3.8, 4) is 0 Å². The van der Waals surface area contributed by atoms with E-state index in [0.717, 1.165) is 21.1 Å². The van der Waals surface area contributed by atoms with Gasteiger partial charge in [-0.3, -0.25) is 0 Å². The van der Waals surface area contributed by atoms with Gasteiger partial charge >= 0.3 is 0 Å². The molecule has 0 atom stereocenters. The third kappa shape index (κ3) is 4.80. The van der Waals surface area contributed by atoms with E-state index in [4.69, 9.17) is 12.2 Å². The van der Waals surface area contributed by atoms with Crippen molar-refractivity contribution in [2.75, 3.05) is 12.4 Å².